The second-order valence-electron chi connectivity index (χ2n) is 7.25. The van der Waals surface area contributed by atoms with Crippen molar-refractivity contribution in [3.63, 3.8) is 0 Å². The van der Waals surface area contributed by atoms with Crippen molar-refractivity contribution in [3.05, 3.63) is 98.9 Å². The van der Waals surface area contributed by atoms with Crippen LogP contribution in [0, 0.1) is 0 Å². The minimum atomic E-state index is -0.307. The molecular weight excluding hydrogens is 449 g/mol. The zero-order valence-corrected chi connectivity index (χ0v) is 18.5. The van der Waals surface area contributed by atoms with E-state index in [0.717, 1.165) is 44.4 Å². The summed E-state index contributed by atoms with van der Waals surface area (Å²) in [6, 6.07) is 23.3. The Kier molecular flexibility index (Phi) is 5.22. The van der Waals surface area contributed by atoms with Crippen LogP contribution in [0.1, 0.15) is 11.1 Å². The Balaban J connectivity index is 1.57. The fraction of sp³-hybridized carbons (Fsp3) is 0.0400. The molecule has 0 aliphatic carbocycles. The molecule has 0 aromatic heterocycles. The lowest BCUT2D eigenvalue weighted by atomic mass is 9.96. The number of benzene rings is 4. The summed E-state index contributed by atoms with van der Waals surface area (Å²) < 4.78 is 0. The van der Waals surface area contributed by atoms with Crippen LogP contribution in [0.2, 0.25) is 10.0 Å². The zero-order chi connectivity index (χ0) is 21.5. The number of fused-ring (bicyclic) bond motifs is 2. The second kappa shape index (κ2) is 8.04. The van der Waals surface area contributed by atoms with Crippen molar-refractivity contribution in [2.24, 2.45) is 0 Å². The number of thioether (sulfide) groups is 1. The minimum absolute atomic E-state index is 0.148. The molecule has 1 aliphatic rings. The molecule has 1 saturated heterocycles. The number of hydrogen-bond acceptors (Lipinski definition) is 3. The van der Waals surface area contributed by atoms with Crippen LogP contribution in [0.15, 0.2) is 77.7 Å². The van der Waals surface area contributed by atoms with Gasteiger partial charge in [0, 0.05) is 0 Å². The zero-order valence-electron chi connectivity index (χ0n) is 16.1. The largest absolute Gasteiger partial charge is 0.293 e. The molecule has 0 unspecified atom stereocenters. The standard InChI is InChI=1S/C25H15Cl2NO2S/c26-21-10-9-15(11-22(21)27)14-28-24(29)23(31-25(28)30)13-20-18-7-3-1-5-16(18)12-17-6-2-4-8-19(17)20/h1-13H,14H2/b23-13+. The van der Waals surface area contributed by atoms with E-state index in [2.05, 4.69) is 18.2 Å². The topological polar surface area (TPSA) is 37.4 Å². The Hall–Kier alpha value is -2.79. The smallest absolute Gasteiger partial charge is 0.268 e. The molecule has 3 nitrogen and oxygen atoms in total. The third-order valence-electron chi connectivity index (χ3n) is 5.29. The molecule has 0 N–H and O–H groups in total. The van der Waals surface area contributed by atoms with Crippen LogP contribution in [-0.2, 0) is 11.3 Å². The van der Waals surface area contributed by atoms with Gasteiger partial charge in [0.2, 0.25) is 0 Å². The van der Waals surface area contributed by atoms with Crippen LogP contribution in [0.4, 0.5) is 4.79 Å². The van der Waals surface area contributed by atoms with Crippen LogP contribution in [-0.4, -0.2) is 16.0 Å². The summed E-state index contributed by atoms with van der Waals surface area (Å²) in [6.45, 7) is 0.148. The number of hydrogen-bond donors (Lipinski definition) is 0. The van der Waals surface area contributed by atoms with Crippen LogP contribution in [0.5, 0.6) is 0 Å². The van der Waals surface area contributed by atoms with Gasteiger partial charge in [-0.15, -0.1) is 0 Å². The van der Waals surface area contributed by atoms with Crippen molar-refractivity contribution in [1.82, 2.24) is 4.90 Å². The number of imide groups is 1. The van der Waals surface area contributed by atoms with E-state index in [4.69, 9.17) is 23.2 Å². The normalized spacial score (nSPS) is 15.5. The summed E-state index contributed by atoms with van der Waals surface area (Å²) in [5, 5.41) is 4.78. The average Bonchev–Trinajstić information content (AvgIpc) is 3.03. The van der Waals surface area contributed by atoms with Crippen LogP contribution < -0.4 is 0 Å². The first kappa shape index (κ1) is 20.1. The minimum Gasteiger partial charge on any atom is -0.268 e. The molecular formula is C25H15Cl2NO2S. The summed E-state index contributed by atoms with van der Waals surface area (Å²) in [5.74, 6) is -0.307. The molecule has 31 heavy (non-hydrogen) atoms. The Morgan fingerprint density at radius 2 is 1.45 bits per heavy atom. The van der Waals surface area contributed by atoms with E-state index in [9.17, 15) is 9.59 Å². The van der Waals surface area contributed by atoms with Crippen molar-refractivity contribution >= 4 is 73.7 Å². The quantitative estimate of drug-likeness (QED) is 0.232. The Morgan fingerprint density at radius 3 is 2.10 bits per heavy atom. The highest BCUT2D eigenvalue weighted by molar-refractivity contribution is 8.18. The SMILES string of the molecule is O=C1S/C(=C/c2c3ccccc3cc3ccccc23)C(=O)N1Cc1ccc(Cl)c(Cl)c1. The molecule has 5 rings (SSSR count). The van der Waals surface area contributed by atoms with Gasteiger partial charge in [0.05, 0.1) is 21.5 Å². The maximum absolute atomic E-state index is 13.1. The third kappa shape index (κ3) is 3.72. The van der Waals surface area contributed by atoms with Gasteiger partial charge < -0.3 is 0 Å². The van der Waals surface area contributed by atoms with Crippen molar-refractivity contribution in [2.75, 3.05) is 0 Å². The second-order valence-corrected chi connectivity index (χ2v) is 9.06. The molecule has 2 amide bonds. The fourth-order valence-corrected chi connectivity index (χ4v) is 4.93. The molecule has 152 valence electrons. The van der Waals surface area contributed by atoms with Gasteiger partial charge in [-0.05, 0) is 68.7 Å². The lowest BCUT2D eigenvalue weighted by molar-refractivity contribution is -0.123. The maximum atomic E-state index is 13.1. The van der Waals surface area contributed by atoms with Gasteiger partial charge in [0.15, 0.2) is 0 Å². The number of amides is 2. The predicted molar refractivity (Wildman–Crippen MR) is 129 cm³/mol. The van der Waals surface area contributed by atoms with Crippen LogP contribution >= 0.6 is 35.0 Å². The van der Waals surface area contributed by atoms with Gasteiger partial charge in [-0.25, -0.2) is 0 Å². The van der Waals surface area contributed by atoms with Gasteiger partial charge in [0.25, 0.3) is 11.1 Å². The van der Waals surface area contributed by atoms with E-state index in [0.29, 0.717) is 15.0 Å². The van der Waals surface area contributed by atoms with Crippen LogP contribution in [0.3, 0.4) is 0 Å². The Labute approximate surface area is 193 Å². The fourth-order valence-electron chi connectivity index (χ4n) is 3.79. The first-order chi connectivity index (χ1) is 15.0. The number of halogens is 2. The average molecular weight is 464 g/mol. The first-order valence-corrected chi connectivity index (χ1v) is 11.2. The van der Waals surface area contributed by atoms with Crippen molar-refractivity contribution < 1.29 is 9.59 Å². The van der Waals surface area contributed by atoms with E-state index in [1.165, 1.54) is 4.90 Å². The van der Waals surface area contributed by atoms with E-state index in [1.54, 1.807) is 18.2 Å². The molecule has 0 atom stereocenters. The van der Waals surface area contributed by atoms with Gasteiger partial charge in [0.1, 0.15) is 0 Å². The van der Waals surface area contributed by atoms with E-state index >= 15 is 0 Å². The van der Waals surface area contributed by atoms with Crippen molar-refractivity contribution in [1.29, 1.82) is 0 Å². The molecule has 0 spiro atoms. The molecule has 0 radical (unpaired) electrons. The molecule has 4 aromatic rings. The third-order valence-corrected chi connectivity index (χ3v) is 6.93. The highest BCUT2D eigenvalue weighted by Gasteiger charge is 2.35. The van der Waals surface area contributed by atoms with Crippen LogP contribution in [0.25, 0.3) is 27.6 Å². The van der Waals surface area contributed by atoms with Gasteiger partial charge in [-0.2, -0.15) is 0 Å². The van der Waals surface area contributed by atoms with E-state index < -0.39 is 0 Å². The number of nitrogens with zero attached hydrogens (tertiary/aromatic N) is 1. The first-order valence-electron chi connectivity index (χ1n) is 9.61. The molecule has 1 fully saturated rings. The van der Waals surface area contributed by atoms with Gasteiger partial charge in [-0.3, -0.25) is 14.5 Å². The van der Waals surface area contributed by atoms with Crippen molar-refractivity contribution in [3.8, 4) is 0 Å². The lowest BCUT2D eigenvalue weighted by Crippen LogP contribution is -2.27. The summed E-state index contributed by atoms with van der Waals surface area (Å²) in [7, 11) is 0. The summed E-state index contributed by atoms with van der Waals surface area (Å²) in [5.41, 5.74) is 1.68. The lowest BCUT2D eigenvalue weighted by Gasteiger charge is -2.13. The highest BCUT2D eigenvalue weighted by Crippen LogP contribution is 2.37. The highest BCUT2D eigenvalue weighted by atomic mass is 35.5. The van der Waals surface area contributed by atoms with Gasteiger partial charge >= 0.3 is 0 Å². The molecule has 0 saturated carbocycles. The molecule has 4 aromatic carbocycles. The Bertz CT molecular complexity index is 1360. The summed E-state index contributed by atoms with van der Waals surface area (Å²) in [4.78, 5) is 27.4. The number of rotatable bonds is 3. The maximum Gasteiger partial charge on any atom is 0.293 e. The van der Waals surface area contributed by atoms with E-state index in [-0.39, 0.29) is 17.7 Å². The summed E-state index contributed by atoms with van der Waals surface area (Å²) >= 11 is 13.0. The van der Waals surface area contributed by atoms with Gasteiger partial charge in [-0.1, -0.05) is 77.8 Å². The predicted octanol–water partition coefficient (Wildman–Crippen LogP) is 7.54. The molecule has 1 heterocycles. The van der Waals surface area contributed by atoms with E-state index in [1.807, 2.05) is 42.5 Å². The monoisotopic (exact) mass is 463 g/mol. The Morgan fingerprint density at radius 1 is 0.806 bits per heavy atom. The summed E-state index contributed by atoms with van der Waals surface area (Å²) in [6.07, 6.45) is 1.84. The molecule has 6 heteroatoms. The van der Waals surface area contributed by atoms with Crippen molar-refractivity contribution in [2.45, 2.75) is 6.54 Å². The molecule has 1 aliphatic heterocycles. The molecule has 0 bridgehead atoms. The number of carbonyl (C=O) groups is 2. The number of carbonyl (C=O) groups excluding carboxylic acids is 2.